The first kappa shape index (κ1) is 13.6. The molecule has 2 aromatic rings. The zero-order chi connectivity index (χ0) is 13.8. The van der Waals surface area contributed by atoms with Crippen molar-refractivity contribution in [2.24, 2.45) is 0 Å². The maximum Gasteiger partial charge on any atom is 0.325 e. The molecule has 1 aromatic heterocycles. The number of carboxylic acid groups (broad SMARTS) is 1. The largest absolute Gasteiger partial charge is 0.480 e. The lowest BCUT2D eigenvalue weighted by Gasteiger charge is -2.14. The molecule has 1 aromatic carbocycles. The van der Waals surface area contributed by atoms with Gasteiger partial charge in [0.15, 0.2) is 11.6 Å². The van der Waals surface area contributed by atoms with Gasteiger partial charge in [-0.1, -0.05) is 12.1 Å². The second-order valence-corrected chi connectivity index (χ2v) is 4.94. The summed E-state index contributed by atoms with van der Waals surface area (Å²) < 4.78 is 26.0. The summed E-state index contributed by atoms with van der Waals surface area (Å²) in [4.78, 5) is 12.1. The standard InChI is InChI=1S/C13H11F2NO2S/c14-10-4-3-8(6-11(10)15)12(13(17)18)16-7-9-2-1-5-19-9/h1-6,12,16H,7H2,(H,17,18). The van der Waals surface area contributed by atoms with E-state index in [-0.39, 0.29) is 5.56 Å². The van der Waals surface area contributed by atoms with E-state index in [4.69, 9.17) is 5.11 Å². The minimum Gasteiger partial charge on any atom is -0.480 e. The number of nitrogens with one attached hydrogen (secondary N) is 1. The highest BCUT2D eigenvalue weighted by atomic mass is 32.1. The lowest BCUT2D eigenvalue weighted by molar-refractivity contribution is -0.139. The number of benzene rings is 1. The van der Waals surface area contributed by atoms with Crippen LogP contribution in [-0.2, 0) is 11.3 Å². The maximum atomic E-state index is 13.1. The number of thiophene rings is 1. The predicted octanol–water partition coefficient (Wildman–Crippen LogP) is 2.94. The average molecular weight is 283 g/mol. The van der Waals surface area contributed by atoms with Gasteiger partial charge in [0.2, 0.25) is 0 Å². The molecule has 6 heteroatoms. The Morgan fingerprint density at radius 3 is 2.68 bits per heavy atom. The van der Waals surface area contributed by atoms with Crippen LogP contribution in [-0.4, -0.2) is 11.1 Å². The molecule has 19 heavy (non-hydrogen) atoms. The zero-order valence-corrected chi connectivity index (χ0v) is 10.6. The summed E-state index contributed by atoms with van der Waals surface area (Å²) in [5.74, 6) is -3.18. The Morgan fingerprint density at radius 1 is 1.32 bits per heavy atom. The maximum absolute atomic E-state index is 13.1. The van der Waals surface area contributed by atoms with Crippen LogP contribution in [0, 0.1) is 11.6 Å². The molecule has 1 atom stereocenters. The van der Waals surface area contributed by atoms with Gasteiger partial charge in [0, 0.05) is 11.4 Å². The van der Waals surface area contributed by atoms with E-state index < -0.39 is 23.6 Å². The molecule has 0 radical (unpaired) electrons. The molecule has 0 amide bonds. The second kappa shape index (κ2) is 5.90. The van der Waals surface area contributed by atoms with E-state index in [1.807, 2.05) is 17.5 Å². The van der Waals surface area contributed by atoms with E-state index >= 15 is 0 Å². The van der Waals surface area contributed by atoms with Crippen LogP contribution in [0.1, 0.15) is 16.5 Å². The number of carboxylic acids is 1. The summed E-state index contributed by atoms with van der Waals surface area (Å²) in [5.41, 5.74) is 0.183. The molecule has 0 aliphatic heterocycles. The monoisotopic (exact) mass is 283 g/mol. The number of carbonyl (C=O) groups is 1. The van der Waals surface area contributed by atoms with Crippen molar-refractivity contribution >= 4 is 17.3 Å². The van der Waals surface area contributed by atoms with Gasteiger partial charge < -0.3 is 5.11 Å². The Kier molecular flexibility index (Phi) is 4.24. The molecular weight excluding hydrogens is 272 g/mol. The van der Waals surface area contributed by atoms with Crippen LogP contribution in [0.15, 0.2) is 35.7 Å². The van der Waals surface area contributed by atoms with Crippen molar-refractivity contribution in [2.75, 3.05) is 0 Å². The molecule has 0 bridgehead atoms. The van der Waals surface area contributed by atoms with E-state index in [9.17, 15) is 13.6 Å². The fourth-order valence-corrected chi connectivity index (χ4v) is 2.31. The van der Waals surface area contributed by atoms with Crippen LogP contribution in [0.25, 0.3) is 0 Å². The van der Waals surface area contributed by atoms with Crippen LogP contribution < -0.4 is 5.32 Å². The molecule has 1 unspecified atom stereocenters. The Hall–Kier alpha value is -1.79. The Bertz CT molecular complexity index is 572. The number of hydrogen-bond donors (Lipinski definition) is 2. The summed E-state index contributed by atoms with van der Waals surface area (Å²) in [6.07, 6.45) is 0. The summed E-state index contributed by atoms with van der Waals surface area (Å²) in [6, 6.07) is 5.73. The summed E-state index contributed by atoms with van der Waals surface area (Å²) in [5, 5.41) is 13.8. The van der Waals surface area contributed by atoms with Crippen LogP contribution >= 0.6 is 11.3 Å². The normalized spacial score (nSPS) is 12.3. The van der Waals surface area contributed by atoms with Crippen LogP contribution in [0.3, 0.4) is 0 Å². The molecule has 0 saturated carbocycles. The summed E-state index contributed by atoms with van der Waals surface area (Å²) >= 11 is 1.49. The molecule has 1 heterocycles. The van der Waals surface area contributed by atoms with Crippen molar-refractivity contribution in [1.29, 1.82) is 0 Å². The lowest BCUT2D eigenvalue weighted by atomic mass is 10.1. The van der Waals surface area contributed by atoms with Gasteiger partial charge in [0.05, 0.1) is 0 Å². The number of rotatable bonds is 5. The topological polar surface area (TPSA) is 49.3 Å². The Morgan fingerprint density at radius 2 is 2.11 bits per heavy atom. The molecule has 0 aliphatic rings. The fraction of sp³-hybridized carbons (Fsp3) is 0.154. The van der Waals surface area contributed by atoms with Crippen molar-refractivity contribution in [1.82, 2.24) is 5.32 Å². The van der Waals surface area contributed by atoms with Crippen molar-refractivity contribution in [3.63, 3.8) is 0 Å². The van der Waals surface area contributed by atoms with Crippen LogP contribution in [0.2, 0.25) is 0 Å². The minimum atomic E-state index is -1.14. The van der Waals surface area contributed by atoms with E-state index in [0.29, 0.717) is 6.54 Å². The highest BCUT2D eigenvalue weighted by molar-refractivity contribution is 7.09. The first-order chi connectivity index (χ1) is 9.08. The Labute approximate surface area is 112 Å². The minimum absolute atomic E-state index is 0.183. The van der Waals surface area contributed by atoms with E-state index in [1.54, 1.807) is 0 Å². The van der Waals surface area contributed by atoms with Gasteiger partial charge in [-0.05, 0) is 29.1 Å². The lowest BCUT2D eigenvalue weighted by Crippen LogP contribution is -2.28. The van der Waals surface area contributed by atoms with Gasteiger partial charge in [-0.2, -0.15) is 0 Å². The molecule has 2 rings (SSSR count). The molecule has 2 N–H and O–H groups in total. The van der Waals surface area contributed by atoms with Crippen molar-refractivity contribution < 1.29 is 18.7 Å². The first-order valence-electron chi connectivity index (χ1n) is 5.51. The van der Waals surface area contributed by atoms with Crippen LogP contribution in [0.5, 0.6) is 0 Å². The van der Waals surface area contributed by atoms with Crippen molar-refractivity contribution in [3.05, 3.63) is 57.8 Å². The van der Waals surface area contributed by atoms with Crippen molar-refractivity contribution in [3.8, 4) is 0 Å². The number of halogens is 2. The van der Waals surface area contributed by atoms with Gasteiger partial charge in [0.1, 0.15) is 6.04 Å². The third kappa shape index (κ3) is 3.36. The summed E-state index contributed by atoms with van der Waals surface area (Å²) in [6.45, 7) is 0.355. The SMILES string of the molecule is O=C(O)C(NCc1cccs1)c1ccc(F)c(F)c1. The highest BCUT2D eigenvalue weighted by Gasteiger charge is 2.20. The first-order valence-corrected chi connectivity index (χ1v) is 6.39. The third-order valence-electron chi connectivity index (χ3n) is 2.58. The molecule has 0 fully saturated rings. The van der Waals surface area contributed by atoms with E-state index in [0.717, 1.165) is 17.0 Å². The zero-order valence-electron chi connectivity index (χ0n) is 9.77. The van der Waals surface area contributed by atoms with Crippen molar-refractivity contribution in [2.45, 2.75) is 12.6 Å². The van der Waals surface area contributed by atoms with Gasteiger partial charge in [-0.3, -0.25) is 10.1 Å². The molecule has 3 nitrogen and oxygen atoms in total. The van der Waals surface area contributed by atoms with Gasteiger partial charge >= 0.3 is 5.97 Å². The molecule has 0 aliphatic carbocycles. The van der Waals surface area contributed by atoms with E-state index in [2.05, 4.69) is 5.32 Å². The van der Waals surface area contributed by atoms with Gasteiger partial charge in [0.25, 0.3) is 0 Å². The predicted molar refractivity (Wildman–Crippen MR) is 67.9 cm³/mol. The number of hydrogen-bond acceptors (Lipinski definition) is 3. The smallest absolute Gasteiger partial charge is 0.325 e. The van der Waals surface area contributed by atoms with E-state index in [1.165, 1.54) is 17.4 Å². The highest BCUT2D eigenvalue weighted by Crippen LogP contribution is 2.18. The fourth-order valence-electron chi connectivity index (χ4n) is 1.66. The number of aliphatic carboxylic acids is 1. The quantitative estimate of drug-likeness (QED) is 0.887. The van der Waals surface area contributed by atoms with Crippen LogP contribution in [0.4, 0.5) is 8.78 Å². The molecule has 0 spiro atoms. The molecule has 100 valence electrons. The summed E-state index contributed by atoms with van der Waals surface area (Å²) in [7, 11) is 0. The Balaban J connectivity index is 2.15. The molecule has 0 saturated heterocycles. The third-order valence-corrected chi connectivity index (χ3v) is 3.46. The molecular formula is C13H11F2NO2S. The average Bonchev–Trinajstić information content (AvgIpc) is 2.86. The van der Waals surface area contributed by atoms with Gasteiger partial charge in [-0.15, -0.1) is 11.3 Å². The van der Waals surface area contributed by atoms with Gasteiger partial charge in [-0.25, -0.2) is 8.78 Å². The second-order valence-electron chi connectivity index (χ2n) is 3.91.